The van der Waals surface area contributed by atoms with Crippen molar-refractivity contribution >= 4 is 15.8 Å². The van der Waals surface area contributed by atoms with Crippen molar-refractivity contribution in [2.24, 2.45) is 7.05 Å². The molecule has 1 fully saturated rings. The normalized spacial score (nSPS) is 15.3. The molecular formula is C12H18N6O2S. The van der Waals surface area contributed by atoms with Gasteiger partial charge in [0.25, 0.3) is 10.0 Å². The Morgan fingerprint density at radius 1 is 1.43 bits per heavy atom. The molecule has 0 saturated heterocycles. The van der Waals surface area contributed by atoms with Crippen molar-refractivity contribution in [3.05, 3.63) is 24.7 Å². The Bertz CT molecular complexity index is 716. The molecule has 0 radical (unpaired) electrons. The number of hydrogen-bond donors (Lipinski definition) is 2. The number of aryl methyl sites for hydroxylation is 1. The van der Waals surface area contributed by atoms with Gasteiger partial charge in [-0.1, -0.05) is 0 Å². The molecule has 0 amide bonds. The van der Waals surface area contributed by atoms with Gasteiger partial charge in [-0.05, 0) is 12.8 Å². The number of aromatic nitrogens is 4. The molecule has 0 aliphatic heterocycles. The summed E-state index contributed by atoms with van der Waals surface area (Å²) in [5, 5.41) is 11.4. The van der Waals surface area contributed by atoms with Gasteiger partial charge in [0.15, 0.2) is 5.82 Å². The second kappa shape index (κ2) is 5.49. The second-order valence-electron chi connectivity index (χ2n) is 5.15. The third-order valence-corrected chi connectivity index (χ3v) is 4.53. The molecule has 0 atom stereocenters. The number of nitrogens with one attached hydrogen (secondary N) is 2. The molecule has 1 saturated carbocycles. The van der Waals surface area contributed by atoms with E-state index in [1.165, 1.54) is 29.9 Å². The number of rotatable bonds is 7. The highest BCUT2D eigenvalue weighted by Crippen LogP contribution is 2.18. The van der Waals surface area contributed by atoms with Crippen molar-refractivity contribution < 1.29 is 8.42 Å². The van der Waals surface area contributed by atoms with Crippen LogP contribution in [0, 0.1) is 0 Å². The molecule has 2 N–H and O–H groups in total. The van der Waals surface area contributed by atoms with Crippen LogP contribution in [-0.2, 0) is 23.6 Å². The van der Waals surface area contributed by atoms with Crippen LogP contribution in [-0.4, -0.2) is 40.6 Å². The van der Waals surface area contributed by atoms with Gasteiger partial charge in [0, 0.05) is 38.1 Å². The lowest BCUT2D eigenvalue weighted by atomic mass is 10.6. The van der Waals surface area contributed by atoms with Crippen LogP contribution in [0.25, 0.3) is 0 Å². The van der Waals surface area contributed by atoms with E-state index >= 15 is 0 Å². The molecule has 2 aromatic heterocycles. The van der Waals surface area contributed by atoms with E-state index in [0.717, 1.165) is 6.54 Å². The molecule has 1 aliphatic carbocycles. The van der Waals surface area contributed by atoms with Gasteiger partial charge in [-0.25, -0.2) is 8.42 Å². The van der Waals surface area contributed by atoms with Crippen LogP contribution in [0.3, 0.4) is 0 Å². The fraction of sp³-hybridized carbons (Fsp3) is 0.500. The highest BCUT2D eigenvalue weighted by molar-refractivity contribution is 7.92. The maximum absolute atomic E-state index is 12.2. The van der Waals surface area contributed by atoms with E-state index < -0.39 is 10.0 Å². The number of hydrogen-bond acceptors (Lipinski definition) is 5. The van der Waals surface area contributed by atoms with Gasteiger partial charge in [0.1, 0.15) is 4.90 Å². The summed E-state index contributed by atoms with van der Waals surface area (Å²) in [5.41, 5.74) is 0. The van der Waals surface area contributed by atoms with Crippen LogP contribution in [0.2, 0.25) is 0 Å². The van der Waals surface area contributed by atoms with Crippen LogP contribution in [0.4, 0.5) is 5.82 Å². The molecule has 3 rings (SSSR count). The predicted molar refractivity (Wildman–Crippen MR) is 77.3 cm³/mol. The topological polar surface area (TPSA) is 93.8 Å². The largest absolute Gasteiger partial charge is 0.312 e. The molecule has 0 aromatic carbocycles. The van der Waals surface area contributed by atoms with Crippen molar-refractivity contribution in [2.45, 2.75) is 30.3 Å². The zero-order valence-corrected chi connectivity index (χ0v) is 12.5. The lowest BCUT2D eigenvalue weighted by Gasteiger charge is -2.03. The Hall–Kier alpha value is -1.87. The Kier molecular flexibility index (Phi) is 3.68. The highest BCUT2D eigenvalue weighted by atomic mass is 32.2. The fourth-order valence-corrected chi connectivity index (χ4v) is 2.89. The Morgan fingerprint density at radius 3 is 2.90 bits per heavy atom. The maximum Gasteiger partial charge on any atom is 0.266 e. The van der Waals surface area contributed by atoms with Crippen LogP contribution in [0.15, 0.2) is 29.6 Å². The Labute approximate surface area is 123 Å². The highest BCUT2D eigenvalue weighted by Gasteiger charge is 2.20. The zero-order valence-electron chi connectivity index (χ0n) is 11.7. The maximum atomic E-state index is 12.2. The molecule has 0 spiro atoms. The Balaban J connectivity index is 1.62. The SMILES string of the molecule is Cn1ccc(NS(=O)(=O)c2cnn(CCNC3CC3)c2)n1. The molecule has 8 nitrogen and oxygen atoms in total. The van der Waals surface area contributed by atoms with Gasteiger partial charge in [0.05, 0.1) is 12.7 Å². The number of sulfonamides is 1. The quantitative estimate of drug-likeness (QED) is 0.760. The molecular weight excluding hydrogens is 292 g/mol. The van der Waals surface area contributed by atoms with Crippen molar-refractivity contribution in [2.75, 3.05) is 11.3 Å². The van der Waals surface area contributed by atoms with Gasteiger partial charge in [-0.15, -0.1) is 0 Å². The zero-order chi connectivity index (χ0) is 14.9. The standard InChI is InChI=1S/C12H18N6O2S/c1-17-6-4-12(15-17)16-21(19,20)11-8-14-18(9-11)7-5-13-10-2-3-10/h4,6,8-10,13H,2-3,5,7H2,1H3,(H,15,16). The van der Waals surface area contributed by atoms with E-state index in [9.17, 15) is 8.42 Å². The summed E-state index contributed by atoms with van der Waals surface area (Å²) < 4.78 is 30.0. The average molecular weight is 310 g/mol. The van der Waals surface area contributed by atoms with Crippen molar-refractivity contribution in [3.63, 3.8) is 0 Å². The minimum absolute atomic E-state index is 0.138. The van der Waals surface area contributed by atoms with Gasteiger partial charge >= 0.3 is 0 Å². The van der Waals surface area contributed by atoms with Crippen LogP contribution in [0.1, 0.15) is 12.8 Å². The lowest BCUT2D eigenvalue weighted by Crippen LogP contribution is -2.22. The average Bonchev–Trinajstić information content (AvgIpc) is 2.94. The Morgan fingerprint density at radius 2 is 2.24 bits per heavy atom. The van der Waals surface area contributed by atoms with Gasteiger partial charge < -0.3 is 5.32 Å². The number of nitrogens with zero attached hydrogens (tertiary/aromatic N) is 4. The molecule has 1 aliphatic rings. The van der Waals surface area contributed by atoms with E-state index in [2.05, 4.69) is 20.2 Å². The van der Waals surface area contributed by atoms with Crippen molar-refractivity contribution in [3.8, 4) is 0 Å². The third-order valence-electron chi connectivity index (χ3n) is 3.22. The van der Waals surface area contributed by atoms with Crippen molar-refractivity contribution in [1.82, 2.24) is 24.9 Å². The first-order valence-electron chi connectivity index (χ1n) is 6.81. The first kappa shape index (κ1) is 14.1. The molecule has 114 valence electrons. The summed E-state index contributed by atoms with van der Waals surface area (Å²) in [6, 6.07) is 2.23. The summed E-state index contributed by atoms with van der Waals surface area (Å²) in [7, 11) is -1.91. The van der Waals surface area contributed by atoms with Gasteiger partial charge in [-0.3, -0.25) is 14.1 Å². The van der Waals surface area contributed by atoms with Crippen LogP contribution >= 0.6 is 0 Å². The van der Waals surface area contributed by atoms with Crippen molar-refractivity contribution in [1.29, 1.82) is 0 Å². The molecule has 2 heterocycles. The van der Waals surface area contributed by atoms with Crippen LogP contribution in [0.5, 0.6) is 0 Å². The third kappa shape index (κ3) is 3.61. The summed E-state index contributed by atoms with van der Waals surface area (Å²) in [6.07, 6.45) is 7.01. The molecule has 9 heteroatoms. The first-order chi connectivity index (χ1) is 10.0. The van der Waals surface area contributed by atoms with E-state index in [1.807, 2.05) is 0 Å². The number of anilines is 1. The summed E-state index contributed by atoms with van der Waals surface area (Å²) in [4.78, 5) is 0.138. The van der Waals surface area contributed by atoms with E-state index in [4.69, 9.17) is 0 Å². The lowest BCUT2D eigenvalue weighted by molar-refractivity contribution is 0.552. The summed E-state index contributed by atoms with van der Waals surface area (Å²) in [6.45, 7) is 1.44. The summed E-state index contributed by atoms with van der Waals surface area (Å²) in [5.74, 6) is 0.292. The van der Waals surface area contributed by atoms with Crippen LogP contribution < -0.4 is 10.0 Å². The minimum Gasteiger partial charge on any atom is -0.312 e. The smallest absolute Gasteiger partial charge is 0.266 e. The summed E-state index contributed by atoms with van der Waals surface area (Å²) >= 11 is 0. The minimum atomic E-state index is -3.64. The second-order valence-corrected chi connectivity index (χ2v) is 6.83. The predicted octanol–water partition coefficient (Wildman–Crippen LogP) is 0.169. The molecule has 0 bridgehead atoms. The molecule has 0 unspecified atom stereocenters. The molecule has 2 aromatic rings. The van der Waals surface area contributed by atoms with E-state index in [-0.39, 0.29) is 4.90 Å². The molecule has 21 heavy (non-hydrogen) atoms. The monoisotopic (exact) mass is 310 g/mol. The fourth-order valence-electron chi connectivity index (χ4n) is 1.94. The van der Waals surface area contributed by atoms with E-state index in [0.29, 0.717) is 18.4 Å². The van der Waals surface area contributed by atoms with Gasteiger partial charge in [-0.2, -0.15) is 10.2 Å². The van der Waals surface area contributed by atoms with E-state index in [1.54, 1.807) is 24.0 Å². The van der Waals surface area contributed by atoms with Gasteiger partial charge in [0.2, 0.25) is 0 Å². The first-order valence-corrected chi connectivity index (χ1v) is 8.29.